The average Bonchev–Trinajstić information content (AvgIpc) is 2.59. The molecule has 1 unspecified atom stereocenters. The topological polar surface area (TPSA) is 107 Å². The smallest absolute Gasteiger partial charge is 0.403 e. The highest BCUT2D eigenvalue weighted by atomic mass is 31.2. The standard InChI is InChI=1S/C17H27N3O5P/c1-11-18-14-9-16(25-3)15(24-2)8-13(14)17(19-11)20-6-4-12(5-7-20)10-26(21,22)23/h8-9,11-12,18,21-23H,4-7,10H2,1-3H3/q+1. The summed E-state index contributed by atoms with van der Waals surface area (Å²) in [7, 11) is -0.484. The minimum Gasteiger partial charge on any atom is -0.493 e. The maximum Gasteiger partial charge on any atom is 0.403 e. The van der Waals surface area contributed by atoms with E-state index in [0.717, 1.165) is 43.0 Å². The average molecular weight is 384 g/mol. The number of hydrogen-bond acceptors (Lipinski definition) is 8. The number of nitrogens with zero attached hydrogens (tertiary/aromatic N) is 2. The zero-order valence-electron chi connectivity index (χ0n) is 15.3. The molecule has 4 N–H and O–H groups in total. The van der Waals surface area contributed by atoms with E-state index in [0.29, 0.717) is 11.5 Å². The molecule has 0 radical (unpaired) electrons. The van der Waals surface area contributed by atoms with Crippen LogP contribution in [0.5, 0.6) is 11.5 Å². The van der Waals surface area contributed by atoms with Crippen molar-refractivity contribution in [2.24, 2.45) is 10.9 Å². The highest BCUT2D eigenvalue weighted by Gasteiger charge is 2.37. The lowest BCUT2D eigenvalue weighted by Crippen LogP contribution is -2.42. The van der Waals surface area contributed by atoms with Gasteiger partial charge in [-0.2, -0.15) is 14.7 Å². The number of rotatable bonds is 4. The third-order valence-electron chi connectivity index (χ3n) is 4.86. The van der Waals surface area contributed by atoms with Gasteiger partial charge in [-0.15, -0.1) is 0 Å². The van der Waals surface area contributed by atoms with Crippen LogP contribution in [0.4, 0.5) is 5.69 Å². The molecule has 3 rings (SSSR count). The number of nitrogens with one attached hydrogen (secondary N) is 1. The largest absolute Gasteiger partial charge is 0.493 e. The lowest BCUT2D eigenvalue weighted by Gasteiger charge is -2.36. The molecular formula is C17H27N3O5P+. The normalized spacial score (nSPS) is 20.9. The van der Waals surface area contributed by atoms with Gasteiger partial charge in [0.2, 0.25) is 0 Å². The van der Waals surface area contributed by atoms with Gasteiger partial charge in [0.25, 0.3) is 0 Å². The summed E-state index contributed by atoms with van der Waals surface area (Å²) in [5, 5.41) is 3.35. The van der Waals surface area contributed by atoms with Gasteiger partial charge in [-0.3, -0.25) is 0 Å². The van der Waals surface area contributed by atoms with Gasteiger partial charge in [0, 0.05) is 30.6 Å². The van der Waals surface area contributed by atoms with Gasteiger partial charge in [0.1, 0.15) is 18.2 Å². The Morgan fingerprint density at radius 3 is 2.35 bits per heavy atom. The molecule has 1 saturated heterocycles. The van der Waals surface area contributed by atoms with Gasteiger partial charge in [0.15, 0.2) is 11.5 Å². The molecule has 1 atom stereocenters. The summed E-state index contributed by atoms with van der Waals surface area (Å²) in [6, 6.07) is 3.86. The quantitative estimate of drug-likeness (QED) is 0.585. The van der Waals surface area contributed by atoms with Crippen molar-refractivity contribution >= 4 is 19.5 Å². The van der Waals surface area contributed by atoms with E-state index in [1.807, 2.05) is 19.1 Å². The summed E-state index contributed by atoms with van der Waals surface area (Å²) in [4.78, 5) is 34.9. The summed E-state index contributed by atoms with van der Waals surface area (Å²) in [5.74, 6) is 2.34. The monoisotopic (exact) mass is 384 g/mol. The van der Waals surface area contributed by atoms with E-state index in [1.54, 1.807) is 14.2 Å². The highest BCUT2D eigenvalue weighted by Crippen LogP contribution is 2.48. The minimum atomic E-state index is -3.71. The lowest BCUT2D eigenvalue weighted by molar-refractivity contribution is 0.259. The Labute approximate surface area is 154 Å². The minimum absolute atomic E-state index is 0.0563. The van der Waals surface area contributed by atoms with Gasteiger partial charge in [0.05, 0.1) is 19.9 Å². The van der Waals surface area contributed by atoms with Crippen LogP contribution >= 0.6 is 7.94 Å². The number of piperidine rings is 1. The Morgan fingerprint density at radius 1 is 1.15 bits per heavy atom. The van der Waals surface area contributed by atoms with Crippen molar-refractivity contribution in [3.63, 3.8) is 0 Å². The van der Waals surface area contributed by atoms with E-state index in [-0.39, 0.29) is 18.2 Å². The zero-order chi connectivity index (χ0) is 18.9. The summed E-state index contributed by atoms with van der Waals surface area (Å²) in [5.41, 5.74) is 1.92. The van der Waals surface area contributed by atoms with E-state index in [1.165, 1.54) is 0 Å². The predicted octanol–water partition coefficient (Wildman–Crippen LogP) is 1.67. The molecule has 2 aliphatic rings. The van der Waals surface area contributed by atoms with Crippen LogP contribution in [0, 0.1) is 5.92 Å². The first-order valence-electron chi connectivity index (χ1n) is 8.72. The fourth-order valence-corrected chi connectivity index (χ4v) is 4.68. The summed E-state index contributed by atoms with van der Waals surface area (Å²) < 4.78 is 10.8. The van der Waals surface area contributed by atoms with Crippen LogP contribution in [-0.4, -0.2) is 65.1 Å². The summed E-state index contributed by atoms with van der Waals surface area (Å²) >= 11 is 0. The fraction of sp³-hybridized carbons (Fsp3) is 0.588. The van der Waals surface area contributed by atoms with Crippen molar-refractivity contribution < 1.29 is 24.2 Å². The van der Waals surface area contributed by atoms with E-state index in [4.69, 9.17) is 14.5 Å². The molecule has 0 saturated carbocycles. The first kappa shape index (κ1) is 19.2. The van der Waals surface area contributed by atoms with Crippen LogP contribution in [0.1, 0.15) is 25.3 Å². The number of likely N-dealkylation sites (tertiary alicyclic amines) is 1. The first-order chi connectivity index (χ1) is 12.3. The molecule has 0 aromatic heterocycles. The molecule has 1 aromatic rings. The van der Waals surface area contributed by atoms with Crippen LogP contribution in [-0.2, 0) is 0 Å². The van der Waals surface area contributed by atoms with Crippen molar-refractivity contribution in [2.45, 2.75) is 25.9 Å². The van der Waals surface area contributed by atoms with Gasteiger partial charge >= 0.3 is 7.94 Å². The van der Waals surface area contributed by atoms with E-state index in [2.05, 4.69) is 10.2 Å². The molecule has 144 valence electrons. The molecule has 1 aromatic carbocycles. The Kier molecular flexibility index (Phi) is 5.58. The van der Waals surface area contributed by atoms with Crippen molar-refractivity contribution in [3.05, 3.63) is 17.7 Å². The van der Waals surface area contributed by atoms with Crippen LogP contribution in [0.2, 0.25) is 0 Å². The van der Waals surface area contributed by atoms with Crippen molar-refractivity contribution in [1.82, 2.24) is 4.90 Å². The molecule has 9 heteroatoms. The first-order valence-corrected chi connectivity index (χ1v) is 10.6. The predicted molar refractivity (Wildman–Crippen MR) is 102 cm³/mol. The van der Waals surface area contributed by atoms with Gasteiger partial charge in [-0.1, -0.05) is 0 Å². The van der Waals surface area contributed by atoms with Crippen LogP contribution in [0.3, 0.4) is 0 Å². The molecule has 26 heavy (non-hydrogen) atoms. The molecule has 0 bridgehead atoms. The second-order valence-corrected chi connectivity index (χ2v) is 8.58. The molecule has 8 nitrogen and oxygen atoms in total. The van der Waals surface area contributed by atoms with E-state index in [9.17, 15) is 14.7 Å². The Bertz CT molecular complexity index is 684. The summed E-state index contributed by atoms with van der Waals surface area (Å²) in [6.07, 6.45) is 1.59. The maximum atomic E-state index is 9.31. The number of ether oxygens (including phenoxy) is 2. The van der Waals surface area contributed by atoms with E-state index < -0.39 is 7.94 Å². The second kappa shape index (κ2) is 7.56. The molecule has 0 spiro atoms. The molecule has 1 fully saturated rings. The maximum absolute atomic E-state index is 9.31. The number of amidine groups is 1. The number of aliphatic imine (C=N–C) groups is 1. The SMILES string of the molecule is COc1cc2c(cc1OC)C(N1CCC(C[P+](O)(O)O)CC1)=NC(C)N2. The molecule has 0 amide bonds. The molecule has 2 aliphatic heterocycles. The third-order valence-corrected chi connectivity index (χ3v) is 5.87. The second-order valence-electron chi connectivity index (χ2n) is 6.83. The fourth-order valence-electron chi connectivity index (χ4n) is 3.62. The molecule has 0 aliphatic carbocycles. The van der Waals surface area contributed by atoms with Crippen LogP contribution in [0.15, 0.2) is 17.1 Å². The number of fused-ring (bicyclic) bond motifs is 1. The van der Waals surface area contributed by atoms with Crippen molar-refractivity contribution in [3.8, 4) is 11.5 Å². The molecule has 2 heterocycles. The van der Waals surface area contributed by atoms with Gasteiger partial charge in [-0.25, -0.2) is 4.99 Å². The Hall–Kier alpha value is -1.60. The van der Waals surface area contributed by atoms with E-state index >= 15 is 0 Å². The zero-order valence-corrected chi connectivity index (χ0v) is 16.2. The van der Waals surface area contributed by atoms with Gasteiger partial charge < -0.3 is 19.7 Å². The van der Waals surface area contributed by atoms with Crippen LogP contribution in [0.25, 0.3) is 0 Å². The van der Waals surface area contributed by atoms with Crippen molar-refractivity contribution in [1.29, 1.82) is 0 Å². The van der Waals surface area contributed by atoms with Crippen molar-refractivity contribution in [2.75, 3.05) is 38.8 Å². The lowest BCUT2D eigenvalue weighted by atomic mass is 9.97. The van der Waals surface area contributed by atoms with Crippen LogP contribution < -0.4 is 14.8 Å². The Balaban J connectivity index is 1.81. The number of hydrogen-bond donors (Lipinski definition) is 4. The highest BCUT2D eigenvalue weighted by molar-refractivity contribution is 7.58. The number of anilines is 1. The Morgan fingerprint density at radius 2 is 1.77 bits per heavy atom. The molecular weight excluding hydrogens is 357 g/mol. The number of benzene rings is 1. The number of methoxy groups -OCH3 is 2. The summed E-state index contributed by atoms with van der Waals surface area (Å²) in [6.45, 7) is 3.50. The van der Waals surface area contributed by atoms with Gasteiger partial charge in [-0.05, 0) is 25.8 Å². The third kappa shape index (κ3) is 4.20.